The van der Waals surface area contributed by atoms with Crippen molar-refractivity contribution in [2.75, 3.05) is 46.5 Å². The van der Waals surface area contributed by atoms with E-state index in [1.165, 1.54) is 12.0 Å². The van der Waals surface area contributed by atoms with Gasteiger partial charge in [-0.1, -0.05) is 0 Å². The van der Waals surface area contributed by atoms with Crippen LogP contribution in [0.4, 0.5) is 13.2 Å². The third-order valence-corrected chi connectivity index (χ3v) is 5.65. The Morgan fingerprint density at radius 3 is 2.47 bits per heavy atom. The molecule has 1 aromatic carbocycles. The molecule has 2 aliphatic heterocycles. The minimum absolute atomic E-state index is 0.0117. The van der Waals surface area contributed by atoms with Crippen LogP contribution in [0, 0.1) is 0 Å². The van der Waals surface area contributed by atoms with Crippen LogP contribution in [0.1, 0.15) is 28.2 Å². The molecule has 4 rings (SSSR count). The summed E-state index contributed by atoms with van der Waals surface area (Å²) in [6.07, 6.45) is -4.57. The monoisotopic (exact) mass is 452 g/mol. The smallest absolute Gasteiger partial charge is 0.435 e. The summed E-state index contributed by atoms with van der Waals surface area (Å²) >= 11 is 0. The van der Waals surface area contributed by atoms with E-state index in [1.807, 2.05) is 0 Å². The van der Waals surface area contributed by atoms with Gasteiger partial charge in [-0.2, -0.15) is 18.3 Å². The Labute approximate surface area is 182 Å². The molecule has 172 valence electrons. The van der Waals surface area contributed by atoms with Gasteiger partial charge in [0.25, 0.3) is 5.91 Å². The molecule has 2 aliphatic rings. The Kier molecular flexibility index (Phi) is 6.09. The summed E-state index contributed by atoms with van der Waals surface area (Å²) in [4.78, 5) is 28.7. The third kappa shape index (κ3) is 4.29. The normalized spacial score (nSPS) is 16.8. The summed E-state index contributed by atoms with van der Waals surface area (Å²) in [7, 11) is 1.48. The number of benzene rings is 1. The highest BCUT2D eigenvalue weighted by atomic mass is 19.4. The van der Waals surface area contributed by atoms with Crippen LogP contribution >= 0.6 is 0 Å². The number of halogens is 3. The van der Waals surface area contributed by atoms with Crippen LogP contribution in [-0.4, -0.2) is 77.9 Å². The van der Waals surface area contributed by atoms with Crippen molar-refractivity contribution in [2.24, 2.45) is 0 Å². The van der Waals surface area contributed by atoms with Crippen LogP contribution in [-0.2, 0) is 22.1 Å². The number of alkyl halides is 3. The number of methoxy groups -OCH3 is 1. The summed E-state index contributed by atoms with van der Waals surface area (Å²) in [6, 6.07) is 6.26. The summed E-state index contributed by atoms with van der Waals surface area (Å²) in [5.41, 5.74) is -0.973. The van der Waals surface area contributed by atoms with E-state index < -0.39 is 17.8 Å². The molecular formula is C21H23F3N4O4. The number of ether oxygens (including phenoxy) is 2. The first kappa shape index (κ1) is 22.1. The van der Waals surface area contributed by atoms with E-state index >= 15 is 0 Å². The first-order valence-corrected chi connectivity index (χ1v) is 10.3. The molecule has 0 bridgehead atoms. The largest absolute Gasteiger partial charge is 0.497 e. The Hall–Kier alpha value is -3.08. The molecule has 0 aliphatic carbocycles. The number of nitrogens with zero attached hydrogens (tertiary/aromatic N) is 4. The molecule has 2 amide bonds. The molecule has 32 heavy (non-hydrogen) atoms. The number of rotatable bonds is 5. The second-order valence-corrected chi connectivity index (χ2v) is 7.57. The SMILES string of the molecule is COc1ccc(-n2nc(C(F)(F)F)c3c2C(=O)N(CCC(=O)N2CCOCC2)CC3)cc1. The van der Waals surface area contributed by atoms with E-state index in [2.05, 4.69) is 5.10 Å². The van der Waals surface area contributed by atoms with Crippen LogP contribution in [0.3, 0.4) is 0 Å². The quantitative estimate of drug-likeness (QED) is 0.695. The van der Waals surface area contributed by atoms with E-state index in [0.29, 0.717) is 37.7 Å². The molecule has 1 saturated heterocycles. The zero-order chi connectivity index (χ0) is 22.9. The van der Waals surface area contributed by atoms with Gasteiger partial charge in [0.05, 0.1) is 26.0 Å². The third-order valence-electron chi connectivity index (χ3n) is 5.65. The van der Waals surface area contributed by atoms with Gasteiger partial charge in [-0.25, -0.2) is 4.68 Å². The number of carbonyl (C=O) groups is 2. The molecule has 0 radical (unpaired) electrons. The fourth-order valence-electron chi connectivity index (χ4n) is 3.96. The number of aromatic nitrogens is 2. The lowest BCUT2D eigenvalue weighted by Crippen LogP contribution is -2.44. The van der Waals surface area contributed by atoms with Gasteiger partial charge in [-0.3, -0.25) is 9.59 Å². The Morgan fingerprint density at radius 1 is 1.16 bits per heavy atom. The molecule has 0 N–H and O–H groups in total. The molecule has 3 heterocycles. The predicted molar refractivity (Wildman–Crippen MR) is 107 cm³/mol. The van der Waals surface area contributed by atoms with Crippen LogP contribution in [0.2, 0.25) is 0 Å². The highest BCUT2D eigenvalue weighted by molar-refractivity contribution is 5.96. The lowest BCUT2D eigenvalue weighted by molar-refractivity contribution is -0.142. The Morgan fingerprint density at radius 2 is 1.84 bits per heavy atom. The van der Waals surface area contributed by atoms with E-state index in [9.17, 15) is 22.8 Å². The van der Waals surface area contributed by atoms with Gasteiger partial charge in [0.2, 0.25) is 5.91 Å². The van der Waals surface area contributed by atoms with Gasteiger partial charge in [0.1, 0.15) is 11.4 Å². The molecule has 0 atom stereocenters. The zero-order valence-electron chi connectivity index (χ0n) is 17.5. The summed E-state index contributed by atoms with van der Waals surface area (Å²) in [6.45, 7) is 2.16. The van der Waals surface area contributed by atoms with Gasteiger partial charge in [0, 0.05) is 38.2 Å². The molecule has 1 fully saturated rings. The first-order valence-electron chi connectivity index (χ1n) is 10.3. The maximum absolute atomic E-state index is 13.6. The Bertz CT molecular complexity index is 998. The number of fused-ring (bicyclic) bond motifs is 1. The van der Waals surface area contributed by atoms with Crippen molar-refractivity contribution >= 4 is 11.8 Å². The van der Waals surface area contributed by atoms with Crippen molar-refractivity contribution in [3.8, 4) is 11.4 Å². The minimum Gasteiger partial charge on any atom is -0.497 e. The van der Waals surface area contributed by atoms with E-state index in [-0.39, 0.29) is 43.1 Å². The minimum atomic E-state index is -4.68. The molecule has 11 heteroatoms. The number of morpholine rings is 1. The van der Waals surface area contributed by atoms with Crippen LogP contribution < -0.4 is 4.74 Å². The molecular weight excluding hydrogens is 429 g/mol. The van der Waals surface area contributed by atoms with Gasteiger partial charge in [-0.15, -0.1) is 0 Å². The van der Waals surface area contributed by atoms with Crippen molar-refractivity contribution in [1.82, 2.24) is 19.6 Å². The van der Waals surface area contributed by atoms with Gasteiger partial charge >= 0.3 is 6.18 Å². The van der Waals surface area contributed by atoms with Crippen molar-refractivity contribution in [1.29, 1.82) is 0 Å². The fraction of sp³-hybridized carbons (Fsp3) is 0.476. The van der Waals surface area contributed by atoms with Crippen LogP contribution in [0.25, 0.3) is 5.69 Å². The van der Waals surface area contributed by atoms with Crippen molar-refractivity contribution < 1.29 is 32.2 Å². The number of amides is 2. The average molecular weight is 452 g/mol. The second kappa shape index (κ2) is 8.81. The fourth-order valence-corrected chi connectivity index (χ4v) is 3.96. The topological polar surface area (TPSA) is 76.9 Å². The van der Waals surface area contributed by atoms with Crippen molar-refractivity contribution in [3.63, 3.8) is 0 Å². The zero-order valence-corrected chi connectivity index (χ0v) is 17.5. The Balaban J connectivity index is 1.60. The summed E-state index contributed by atoms with van der Waals surface area (Å²) in [5.74, 6) is -0.146. The molecule has 0 unspecified atom stereocenters. The van der Waals surface area contributed by atoms with Crippen molar-refractivity contribution in [2.45, 2.75) is 19.0 Å². The predicted octanol–water partition coefficient (Wildman–Crippen LogP) is 2.15. The number of carbonyl (C=O) groups excluding carboxylic acids is 2. The molecule has 2 aromatic rings. The highest BCUT2D eigenvalue weighted by Crippen LogP contribution is 2.36. The van der Waals surface area contributed by atoms with E-state index in [0.717, 1.165) is 4.68 Å². The first-order chi connectivity index (χ1) is 15.3. The summed E-state index contributed by atoms with van der Waals surface area (Å²) in [5, 5.41) is 3.76. The second-order valence-electron chi connectivity index (χ2n) is 7.57. The van der Waals surface area contributed by atoms with Crippen molar-refractivity contribution in [3.05, 3.63) is 41.2 Å². The molecule has 0 spiro atoms. The summed E-state index contributed by atoms with van der Waals surface area (Å²) < 4.78 is 52.2. The lowest BCUT2D eigenvalue weighted by atomic mass is 10.0. The molecule has 0 saturated carbocycles. The standard InChI is InChI=1S/C21H23F3N4O4/c1-31-15-4-2-14(3-5-15)28-18-16(19(25-28)21(22,23)24)6-8-27(20(18)30)9-7-17(29)26-10-12-32-13-11-26/h2-5H,6-13H2,1H3. The van der Waals surface area contributed by atoms with Crippen LogP contribution in [0.15, 0.2) is 24.3 Å². The number of hydrogen-bond acceptors (Lipinski definition) is 5. The maximum atomic E-state index is 13.6. The number of hydrogen-bond donors (Lipinski definition) is 0. The van der Waals surface area contributed by atoms with Crippen LogP contribution in [0.5, 0.6) is 5.75 Å². The maximum Gasteiger partial charge on any atom is 0.435 e. The average Bonchev–Trinajstić information content (AvgIpc) is 3.20. The van der Waals surface area contributed by atoms with Gasteiger partial charge in [0.15, 0.2) is 5.69 Å². The molecule has 8 nitrogen and oxygen atoms in total. The van der Waals surface area contributed by atoms with Gasteiger partial charge < -0.3 is 19.3 Å². The van der Waals surface area contributed by atoms with Gasteiger partial charge in [-0.05, 0) is 30.7 Å². The molecule has 1 aromatic heterocycles. The lowest BCUT2D eigenvalue weighted by Gasteiger charge is -2.30. The van der Waals surface area contributed by atoms with E-state index in [1.54, 1.807) is 29.2 Å². The van der Waals surface area contributed by atoms with E-state index in [4.69, 9.17) is 9.47 Å². The highest BCUT2D eigenvalue weighted by Gasteiger charge is 2.43.